The highest BCUT2D eigenvalue weighted by Crippen LogP contribution is 2.19. The fourth-order valence-corrected chi connectivity index (χ4v) is 2.40. The molecule has 2 N–H and O–H groups in total. The summed E-state index contributed by atoms with van der Waals surface area (Å²) in [5.74, 6) is 0.436. The summed E-state index contributed by atoms with van der Waals surface area (Å²) in [6, 6.07) is 12.1. The number of hydrogen-bond acceptors (Lipinski definition) is 3. The molecule has 0 aliphatic rings. The summed E-state index contributed by atoms with van der Waals surface area (Å²) in [7, 11) is 1.58. The molecule has 21 heavy (non-hydrogen) atoms. The number of benzene rings is 2. The average Bonchev–Trinajstić information content (AvgIpc) is 2.50. The third-order valence-electron chi connectivity index (χ3n) is 3.14. The molecule has 0 saturated carbocycles. The highest BCUT2D eigenvalue weighted by Gasteiger charge is 2.09. The zero-order valence-corrected chi connectivity index (χ0v) is 13.2. The van der Waals surface area contributed by atoms with E-state index in [9.17, 15) is 9.50 Å². The van der Waals surface area contributed by atoms with Gasteiger partial charge in [-0.2, -0.15) is 0 Å². The maximum Gasteiger partial charge on any atom is 0.127 e. The molecule has 0 aromatic heterocycles. The van der Waals surface area contributed by atoms with Gasteiger partial charge < -0.3 is 15.2 Å². The van der Waals surface area contributed by atoms with Gasteiger partial charge in [-0.3, -0.25) is 0 Å². The van der Waals surface area contributed by atoms with Crippen LogP contribution in [0.1, 0.15) is 17.2 Å². The molecule has 0 amide bonds. The van der Waals surface area contributed by atoms with E-state index in [1.54, 1.807) is 25.3 Å². The Bertz CT molecular complexity index is 607. The first-order chi connectivity index (χ1) is 10.1. The second-order valence-electron chi connectivity index (χ2n) is 4.66. The standard InChI is InChI=1S/C16H17BrFNO2/c1-21-14-4-2-3-11(8-14)16(20)10-19-9-12-7-13(17)5-6-15(12)18/h2-8,16,19-20H,9-10H2,1H3. The highest BCUT2D eigenvalue weighted by molar-refractivity contribution is 9.10. The molecular formula is C16H17BrFNO2. The summed E-state index contributed by atoms with van der Waals surface area (Å²) < 4.78 is 19.5. The van der Waals surface area contributed by atoms with Crippen LogP contribution in [0.5, 0.6) is 5.75 Å². The monoisotopic (exact) mass is 353 g/mol. The molecule has 0 radical (unpaired) electrons. The summed E-state index contributed by atoms with van der Waals surface area (Å²) in [4.78, 5) is 0. The Balaban J connectivity index is 1.91. The Hall–Kier alpha value is -1.43. The topological polar surface area (TPSA) is 41.5 Å². The maximum atomic E-state index is 13.6. The van der Waals surface area contributed by atoms with Crippen LogP contribution < -0.4 is 10.1 Å². The number of aliphatic hydroxyl groups excluding tert-OH is 1. The minimum absolute atomic E-state index is 0.262. The van der Waals surface area contributed by atoms with Crippen molar-refractivity contribution in [1.29, 1.82) is 0 Å². The lowest BCUT2D eigenvalue weighted by Crippen LogP contribution is -2.21. The quantitative estimate of drug-likeness (QED) is 0.835. The van der Waals surface area contributed by atoms with E-state index in [0.29, 0.717) is 24.4 Å². The van der Waals surface area contributed by atoms with Crippen molar-refractivity contribution in [2.75, 3.05) is 13.7 Å². The molecule has 2 rings (SSSR count). The van der Waals surface area contributed by atoms with Gasteiger partial charge in [0, 0.05) is 23.1 Å². The van der Waals surface area contributed by atoms with E-state index in [-0.39, 0.29) is 5.82 Å². The molecule has 5 heteroatoms. The summed E-state index contributed by atoms with van der Waals surface area (Å²) in [5, 5.41) is 13.2. The normalized spacial score (nSPS) is 12.2. The van der Waals surface area contributed by atoms with Gasteiger partial charge in [0.15, 0.2) is 0 Å². The van der Waals surface area contributed by atoms with E-state index in [4.69, 9.17) is 4.74 Å². The molecule has 2 aromatic rings. The van der Waals surface area contributed by atoms with E-state index in [1.165, 1.54) is 6.07 Å². The summed E-state index contributed by atoms with van der Waals surface area (Å²) in [6.45, 7) is 0.686. The van der Waals surface area contributed by atoms with Crippen molar-refractivity contribution in [1.82, 2.24) is 5.32 Å². The minimum Gasteiger partial charge on any atom is -0.497 e. The predicted octanol–water partition coefficient (Wildman–Crippen LogP) is 3.42. The maximum absolute atomic E-state index is 13.6. The smallest absolute Gasteiger partial charge is 0.127 e. The molecule has 0 saturated heterocycles. The molecule has 0 aliphatic carbocycles. The van der Waals surface area contributed by atoms with Crippen LogP contribution in [0.4, 0.5) is 4.39 Å². The average molecular weight is 354 g/mol. The third kappa shape index (κ3) is 4.52. The van der Waals surface area contributed by atoms with Gasteiger partial charge in [-0.1, -0.05) is 28.1 Å². The first-order valence-electron chi connectivity index (χ1n) is 6.57. The number of hydrogen-bond donors (Lipinski definition) is 2. The van der Waals surface area contributed by atoms with E-state index in [2.05, 4.69) is 21.2 Å². The molecule has 2 aromatic carbocycles. The largest absolute Gasteiger partial charge is 0.497 e. The second kappa shape index (κ2) is 7.54. The van der Waals surface area contributed by atoms with Crippen LogP contribution in [0.3, 0.4) is 0 Å². The molecule has 0 spiro atoms. The SMILES string of the molecule is COc1cccc(C(O)CNCc2cc(Br)ccc2F)c1. The van der Waals surface area contributed by atoms with Crippen molar-refractivity contribution in [3.63, 3.8) is 0 Å². The lowest BCUT2D eigenvalue weighted by Gasteiger charge is -2.13. The summed E-state index contributed by atoms with van der Waals surface area (Å²) >= 11 is 3.31. The zero-order chi connectivity index (χ0) is 15.2. The fourth-order valence-electron chi connectivity index (χ4n) is 1.99. The number of ether oxygens (including phenoxy) is 1. The first-order valence-corrected chi connectivity index (χ1v) is 7.36. The number of rotatable bonds is 6. The molecule has 0 aliphatic heterocycles. The minimum atomic E-state index is -0.671. The van der Waals surface area contributed by atoms with Gasteiger partial charge >= 0.3 is 0 Å². The predicted molar refractivity (Wildman–Crippen MR) is 83.8 cm³/mol. The number of nitrogens with one attached hydrogen (secondary N) is 1. The second-order valence-corrected chi connectivity index (χ2v) is 5.57. The number of halogens is 2. The zero-order valence-electron chi connectivity index (χ0n) is 11.6. The van der Waals surface area contributed by atoms with E-state index >= 15 is 0 Å². The molecule has 112 valence electrons. The van der Waals surface area contributed by atoms with Gasteiger partial charge in [-0.25, -0.2) is 4.39 Å². The van der Waals surface area contributed by atoms with Gasteiger partial charge in [-0.05, 0) is 35.9 Å². The number of methoxy groups -OCH3 is 1. The Morgan fingerprint density at radius 2 is 2.10 bits per heavy atom. The van der Waals surface area contributed by atoms with Crippen LogP contribution >= 0.6 is 15.9 Å². The van der Waals surface area contributed by atoms with Crippen molar-refractivity contribution in [3.05, 3.63) is 63.9 Å². The van der Waals surface area contributed by atoms with Crippen LogP contribution in [0.15, 0.2) is 46.9 Å². The van der Waals surface area contributed by atoms with E-state index in [0.717, 1.165) is 10.0 Å². The van der Waals surface area contributed by atoms with Gasteiger partial charge in [0.2, 0.25) is 0 Å². The molecule has 1 unspecified atom stereocenters. The van der Waals surface area contributed by atoms with E-state index in [1.807, 2.05) is 18.2 Å². The van der Waals surface area contributed by atoms with Crippen LogP contribution in [0.2, 0.25) is 0 Å². The molecule has 3 nitrogen and oxygen atoms in total. The van der Waals surface area contributed by atoms with Crippen molar-refractivity contribution in [2.24, 2.45) is 0 Å². The molecule has 1 atom stereocenters. The van der Waals surface area contributed by atoms with Crippen molar-refractivity contribution < 1.29 is 14.2 Å². The van der Waals surface area contributed by atoms with Gasteiger partial charge in [0.05, 0.1) is 13.2 Å². The van der Waals surface area contributed by atoms with Gasteiger partial charge in [-0.15, -0.1) is 0 Å². The van der Waals surface area contributed by atoms with Gasteiger partial charge in [0.25, 0.3) is 0 Å². The molecule has 0 fully saturated rings. The van der Waals surface area contributed by atoms with Crippen LogP contribution in [-0.2, 0) is 6.54 Å². The molecule has 0 heterocycles. The van der Waals surface area contributed by atoms with Gasteiger partial charge in [0.1, 0.15) is 11.6 Å². The summed E-state index contributed by atoms with van der Waals surface area (Å²) in [5.41, 5.74) is 1.32. The van der Waals surface area contributed by atoms with Crippen LogP contribution in [-0.4, -0.2) is 18.8 Å². The fraction of sp³-hybridized carbons (Fsp3) is 0.250. The highest BCUT2D eigenvalue weighted by atomic mass is 79.9. The Labute approximate surface area is 131 Å². The Morgan fingerprint density at radius 3 is 2.86 bits per heavy atom. The summed E-state index contributed by atoms with van der Waals surface area (Å²) in [6.07, 6.45) is -0.671. The lowest BCUT2D eigenvalue weighted by atomic mass is 10.1. The third-order valence-corrected chi connectivity index (χ3v) is 3.63. The van der Waals surface area contributed by atoms with Crippen LogP contribution in [0.25, 0.3) is 0 Å². The Kier molecular flexibility index (Phi) is 5.73. The lowest BCUT2D eigenvalue weighted by molar-refractivity contribution is 0.174. The van der Waals surface area contributed by atoms with Crippen molar-refractivity contribution in [2.45, 2.75) is 12.6 Å². The number of aliphatic hydroxyl groups is 1. The van der Waals surface area contributed by atoms with Crippen molar-refractivity contribution >= 4 is 15.9 Å². The molecule has 0 bridgehead atoms. The molecular weight excluding hydrogens is 337 g/mol. The first kappa shape index (κ1) is 15.9. The Morgan fingerprint density at radius 1 is 1.29 bits per heavy atom. The van der Waals surface area contributed by atoms with E-state index < -0.39 is 6.10 Å². The van der Waals surface area contributed by atoms with Crippen molar-refractivity contribution in [3.8, 4) is 5.75 Å². The van der Waals surface area contributed by atoms with Crippen LogP contribution in [0, 0.1) is 5.82 Å².